The van der Waals surface area contributed by atoms with E-state index in [-0.39, 0.29) is 0 Å². The zero-order chi connectivity index (χ0) is 5.28. The molecule has 0 atom stereocenters. The summed E-state index contributed by atoms with van der Waals surface area (Å²) < 4.78 is 0. The minimum atomic E-state index is 0.866. The molecule has 0 amide bonds. The first-order valence-corrected chi connectivity index (χ1v) is 3.58. The fraction of sp³-hybridized carbons (Fsp3) is 0. The van der Waals surface area contributed by atoms with Gasteiger partial charge in [0.15, 0.2) is 0 Å². The third-order valence-corrected chi connectivity index (χ3v) is 2.60. The Kier molecular flexibility index (Phi) is 1.70. The van der Waals surface area contributed by atoms with Crippen LogP contribution in [0.25, 0.3) is 0 Å². The van der Waals surface area contributed by atoms with Gasteiger partial charge in [0.2, 0.25) is 0 Å². The fourth-order valence-corrected chi connectivity index (χ4v) is 1.49. The molecule has 1 aliphatic rings. The molecular weight excluding hydrogens is 144 g/mol. The second kappa shape index (κ2) is 2.14. The van der Waals surface area contributed by atoms with Crippen molar-refractivity contribution in [1.82, 2.24) is 0 Å². The SMILES string of the molecule is SC1=C=[SH]C=C1S. The molecule has 1 aliphatic heterocycles. The highest BCUT2D eigenvalue weighted by molar-refractivity contribution is 8.03. The zero-order valence-electron chi connectivity index (χ0n) is 3.42. The summed E-state index contributed by atoms with van der Waals surface area (Å²) in [5.41, 5.74) is 0. The summed E-state index contributed by atoms with van der Waals surface area (Å²) in [5, 5.41) is 4.90. The standard InChI is InChI=1S/C4H4S3/c5-3-1-7-2-4(3)6/h1,5-7H. The molecular formula is C4H4S3. The first kappa shape index (κ1) is 5.57. The molecule has 0 saturated carbocycles. The van der Waals surface area contributed by atoms with Crippen LogP contribution in [0.3, 0.4) is 0 Å². The van der Waals surface area contributed by atoms with Crippen LogP contribution in [-0.2, 0) is 0 Å². The van der Waals surface area contributed by atoms with E-state index in [0.717, 1.165) is 21.2 Å². The lowest BCUT2D eigenvalue weighted by atomic mass is 10.6. The van der Waals surface area contributed by atoms with Crippen LogP contribution in [0.5, 0.6) is 0 Å². The van der Waals surface area contributed by atoms with Crippen LogP contribution < -0.4 is 0 Å². The van der Waals surface area contributed by atoms with Crippen molar-refractivity contribution in [3.8, 4) is 0 Å². The van der Waals surface area contributed by atoms with E-state index in [1.807, 2.05) is 5.41 Å². The van der Waals surface area contributed by atoms with Gasteiger partial charge in [-0.2, -0.15) is 0 Å². The summed E-state index contributed by atoms with van der Waals surface area (Å²) in [6.07, 6.45) is 0. The van der Waals surface area contributed by atoms with Crippen molar-refractivity contribution in [1.29, 1.82) is 0 Å². The van der Waals surface area contributed by atoms with Gasteiger partial charge in [-0.15, -0.1) is 36.6 Å². The number of rotatable bonds is 0. The molecule has 38 valence electrons. The van der Waals surface area contributed by atoms with Gasteiger partial charge in [-0.3, -0.25) is 0 Å². The molecule has 0 fully saturated rings. The maximum atomic E-state index is 4.07. The van der Waals surface area contributed by atoms with E-state index >= 15 is 0 Å². The maximum absolute atomic E-state index is 4.07. The van der Waals surface area contributed by atoms with Gasteiger partial charge < -0.3 is 0 Å². The molecule has 0 unspecified atom stereocenters. The quantitative estimate of drug-likeness (QED) is 0.336. The Hall–Kier alpha value is 0.440. The molecule has 0 spiro atoms. The maximum Gasteiger partial charge on any atom is 0.0662 e. The summed E-state index contributed by atoms with van der Waals surface area (Å²) in [4.78, 5) is 1.80. The number of hydrogen-bond donors (Lipinski definition) is 3. The van der Waals surface area contributed by atoms with E-state index in [4.69, 9.17) is 0 Å². The van der Waals surface area contributed by atoms with Crippen molar-refractivity contribution in [2.45, 2.75) is 0 Å². The molecule has 0 nitrogen and oxygen atoms in total. The molecule has 0 radical (unpaired) electrons. The Morgan fingerprint density at radius 3 is 2.43 bits per heavy atom. The van der Waals surface area contributed by atoms with Gasteiger partial charge in [0.05, 0.1) is 4.91 Å². The van der Waals surface area contributed by atoms with Crippen LogP contribution >= 0.6 is 36.6 Å². The summed E-state index contributed by atoms with van der Waals surface area (Å²) in [7, 11) is 0. The normalized spacial score (nSPS) is 18.0. The Morgan fingerprint density at radius 1 is 1.57 bits per heavy atom. The van der Waals surface area contributed by atoms with E-state index in [0.29, 0.717) is 0 Å². The molecule has 0 aromatic rings. The summed E-state index contributed by atoms with van der Waals surface area (Å²) in [6, 6.07) is 0. The molecule has 0 bridgehead atoms. The molecule has 0 saturated heterocycles. The summed E-state index contributed by atoms with van der Waals surface area (Å²) in [5.74, 6) is 0. The molecule has 7 heavy (non-hydrogen) atoms. The van der Waals surface area contributed by atoms with Crippen molar-refractivity contribution < 1.29 is 0 Å². The van der Waals surface area contributed by atoms with Gasteiger partial charge in [-0.1, -0.05) is 5.02 Å². The highest BCUT2D eigenvalue weighted by atomic mass is 32.1. The van der Waals surface area contributed by atoms with Crippen molar-refractivity contribution >= 4 is 41.6 Å². The first-order valence-electron chi connectivity index (χ1n) is 1.72. The lowest BCUT2D eigenvalue weighted by molar-refractivity contribution is 2.06. The van der Waals surface area contributed by atoms with Crippen LogP contribution in [0.15, 0.2) is 15.2 Å². The van der Waals surface area contributed by atoms with Gasteiger partial charge in [0.25, 0.3) is 0 Å². The average molecular weight is 148 g/mol. The van der Waals surface area contributed by atoms with E-state index in [2.05, 4.69) is 30.3 Å². The molecule has 1 rings (SSSR count). The second-order valence-corrected chi connectivity index (χ2v) is 2.77. The number of thiol groups is 3. The van der Waals surface area contributed by atoms with Crippen LogP contribution in [0, 0.1) is 0 Å². The third-order valence-electron chi connectivity index (χ3n) is 0.600. The molecule has 3 heteroatoms. The van der Waals surface area contributed by atoms with E-state index < -0.39 is 0 Å². The Labute approximate surface area is 57.1 Å². The summed E-state index contributed by atoms with van der Waals surface area (Å²) in [6.45, 7) is 0. The van der Waals surface area contributed by atoms with E-state index in [9.17, 15) is 0 Å². The van der Waals surface area contributed by atoms with Gasteiger partial charge in [0, 0.05) is 4.91 Å². The minimum absolute atomic E-state index is 0.866. The zero-order valence-corrected chi connectivity index (χ0v) is 6.10. The second-order valence-electron chi connectivity index (χ2n) is 1.10. The van der Waals surface area contributed by atoms with Gasteiger partial charge in [-0.05, 0) is 5.41 Å². The topological polar surface area (TPSA) is 0 Å². The van der Waals surface area contributed by atoms with Crippen molar-refractivity contribution in [2.24, 2.45) is 0 Å². The predicted octanol–water partition coefficient (Wildman–Crippen LogP) is 1.45. The van der Waals surface area contributed by atoms with Crippen molar-refractivity contribution in [2.75, 3.05) is 0 Å². The molecule has 1 heterocycles. The monoisotopic (exact) mass is 148 g/mol. The Morgan fingerprint density at radius 2 is 2.29 bits per heavy atom. The average Bonchev–Trinajstić information content (AvgIpc) is 1.91. The molecule has 0 aliphatic carbocycles. The van der Waals surface area contributed by atoms with Crippen LogP contribution in [0.2, 0.25) is 0 Å². The van der Waals surface area contributed by atoms with E-state index in [1.165, 1.54) is 0 Å². The van der Waals surface area contributed by atoms with E-state index in [1.54, 1.807) is 0 Å². The smallest absolute Gasteiger partial charge is 0.0662 e. The van der Waals surface area contributed by atoms with Crippen LogP contribution in [-0.4, -0.2) is 5.02 Å². The Bertz CT molecular complexity index is 171. The van der Waals surface area contributed by atoms with Gasteiger partial charge in [0.1, 0.15) is 0 Å². The highest BCUT2D eigenvalue weighted by Gasteiger charge is 1.93. The molecule has 0 aromatic carbocycles. The van der Waals surface area contributed by atoms with Crippen LogP contribution in [0.1, 0.15) is 0 Å². The molecule has 0 N–H and O–H groups in total. The van der Waals surface area contributed by atoms with Gasteiger partial charge >= 0.3 is 0 Å². The third kappa shape index (κ3) is 1.16. The first-order chi connectivity index (χ1) is 3.30. The predicted molar refractivity (Wildman–Crippen MR) is 43.6 cm³/mol. The van der Waals surface area contributed by atoms with Crippen molar-refractivity contribution in [3.63, 3.8) is 0 Å². The number of hydrogen-bond acceptors (Lipinski definition) is 2. The van der Waals surface area contributed by atoms with Crippen LogP contribution in [0.4, 0.5) is 0 Å². The Balaban J connectivity index is 2.97. The largest absolute Gasteiger partial charge is 0.141 e. The van der Waals surface area contributed by atoms with Gasteiger partial charge in [-0.25, -0.2) is 0 Å². The minimum Gasteiger partial charge on any atom is -0.141 e. The highest BCUT2D eigenvalue weighted by Crippen LogP contribution is 2.20. The lowest BCUT2D eigenvalue weighted by Gasteiger charge is -1.83. The fourth-order valence-electron chi connectivity index (χ4n) is 0.273. The summed E-state index contributed by atoms with van der Waals surface area (Å²) >= 11 is 9.18. The lowest BCUT2D eigenvalue weighted by Crippen LogP contribution is -1.61. The molecule has 0 aromatic heterocycles. The van der Waals surface area contributed by atoms with Crippen molar-refractivity contribution in [3.05, 3.63) is 15.2 Å².